The second-order valence-corrected chi connectivity index (χ2v) is 9.19. The van der Waals surface area contributed by atoms with Crippen LogP contribution in [-0.4, -0.2) is 8.07 Å². The van der Waals surface area contributed by atoms with E-state index in [0.29, 0.717) is 0 Å². The summed E-state index contributed by atoms with van der Waals surface area (Å²) in [6, 6.07) is 7.65. The van der Waals surface area contributed by atoms with Gasteiger partial charge in [0, 0.05) is 10.6 Å². The molecular formula is C11H13ClSi. The van der Waals surface area contributed by atoms with E-state index in [1.165, 1.54) is 0 Å². The Hall–Kier alpha value is -0.713. The van der Waals surface area contributed by atoms with Crippen molar-refractivity contribution in [2.45, 2.75) is 19.6 Å². The van der Waals surface area contributed by atoms with Gasteiger partial charge in [-0.15, -0.1) is 5.54 Å². The average Bonchev–Trinajstić information content (AvgIpc) is 2.02. The van der Waals surface area contributed by atoms with Gasteiger partial charge >= 0.3 is 0 Å². The summed E-state index contributed by atoms with van der Waals surface area (Å²) >= 11 is 5.76. The van der Waals surface area contributed by atoms with Crippen molar-refractivity contribution in [3.63, 3.8) is 0 Å². The van der Waals surface area contributed by atoms with Crippen LogP contribution in [-0.2, 0) is 0 Å². The smallest absolute Gasteiger partial charge is 0.127 e. The Morgan fingerprint density at radius 3 is 2.08 bits per heavy atom. The molecule has 2 heteroatoms. The number of halogens is 1. The monoisotopic (exact) mass is 208 g/mol. The zero-order valence-electron chi connectivity index (χ0n) is 8.19. The molecule has 68 valence electrons. The van der Waals surface area contributed by atoms with Crippen LogP contribution >= 0.6 is 11.6 Å². The highest BCUT2D eigenvalue weighted by atomic mass is 35.5. The molecule has 1 rings (SSSR count). The van der Waals surface area contributed by atoms with Gasteiger partial charge < -0.3 is 0 Å². The molecule has 0 spiro atoms. The van der Waals surface area contributed by atoms with Gasteiger partial charge in [0.2, 0.25) is 0 Å². The van der Waals surface area contributed by atoms with Crippen molar-refractivity contribution < 1.29 is 0 Å². The second kappa shape index (κ2) is 4.00. The van der Waals surface area contributed by atoms with Gasteiger partial charge in [0.05, 0.1) is 0 Å². The third kappa shape index (κ3) is 4.17. The van der Waals surface area contributed by atoms with Crippen LogP contribution in [0.1, 0.15) is 5.56 Å². The lowest BCUT2D eigenvalue weighted by Crippen LogP contribution is -2.16. The minimum absolute atomic E-state index is 0.763. The molecule has 0 saturated heterocycles. The molecule has 0 aliphatic heterocycles. The molecule has 1 aromatic rings. The summed E-state index contributed by atoms with van der Waals surface area (Å²) in [5.41, 5.74) is 4.35. The number of rotatable bonds is 0. The normalized spacial score (nSPS) is 10.5. The predicted octanol–water partition coefficient (Wildman–Crippen LogP) is 3.57. The largest absolute Gasteiger partial charge is 0.129 e. The van der Waals surface area contributed by atoms with Gasteiger partial charge in [-0.05, 0) is 24.3 Å². The van der Waals surface area contributed by atoms with Gasteiger partial charge in [0.25, 0.3) is 0 Å². The van der Waals surface area contributed by atoms with E-state index in [4.69, 9.17) is 11.6 Å². The Kier molecular flexibility index (Phi) is 3.19. The van der Waals surface area contributed by atoms with E-state index >= 15 is 0 Å². The Morgan fingerprint density at radius 2 is 1.62 bits per heavy atom. The van der Waals surface area contributed by atoms with Gasteiger partial charge in [-0.1, -0.05) is 37.2 Å². The summed E-state index contributed by atoms with van der Waals surface area (Å²) in [5, 5.41) is 0.763. The molecule has 0 heterocycles. The van der Waals surface area contributed by atoms with Crippen molar-refractivity contribution in [3.8, 4) is 11.5 Å². The lowest BCUT2D eigenvalue weighted by molar-refractivity contribution is 1.65. The summed E-state index contributed by atoms with van der Waals surface area (Å²) < 4.78 is 0. The van der Waals surface area contributed by atoms with E-state index in [1.54, 1.807) is 0 Å². The fourth-order valence-electron chi connectivity index (χ4n) is 0.793. The van der Waals surface area contributed by atoms with Crippen LogP contribution in [0.3, 0.4) is 0 Å². The summed E-state index contributed by atoms with van der Waals surface area (Å²) in [5.74, 6) is 3.16. The number of hydrogen-bond acceptors (Lipinski definition) is 0. The van der Waals surface area contributed by atoms with E-state index in [0.717, 1.165) is 10.6 Å². The van der Waals surface area contributed by atoms with Gasteiger partial charge in [0.1, 0.15) is 8.07 Å². The molecule has 0 atom stereocenters. The van der Waals surface area contributed by atoms with E-state index < -0.39 is 8.07 Å². The molecule has 0 radical (unpaired) electrons. The van der Waals surface area contributed by atoms with Gasteiger partial charge in [-0.3, -0.25) is 0 Å². The maximum absolute atomic E-state index is 5.76. The lowest BCUT2D eigenvalue weighted by atomic mass is 10.2. The van der Waals surface area contributed by atoms with Crippen LogP contribution in [0.25, 0.3) is 0 Å². The maximum atomic E-state index is 5.76. The second-order valence-electron chi connectivity index (χ2n) is 4.01. The first-order valence-corrected chi connectivity index (χ1v) is 8.14. The van der Waals surface area contributed by atoms with Crippen LogP contribution in [0.15, 0.2) is 24.3 Å². The van der Waals surface area contributed by atoms with Crippen molar-refractivity contribution in [1.82, 2.24) is 0 Å². The number of benzene rings is 1. The molecule has 0 unspecified atom stereocenters. The van der Waals surface area contributed by atoms with Gasteiger partial charge in [-0.25, -0.2) is 0 Å². The maximum Gasteiger partial charge on any atom is 0.129 e. The fraction of sp³-hybridized carbons (Fsp3) is 0.273. The first-order chi connectivity index (χ1) is 5.97. The van der Waals surface area contributed by atoms with Crippen LogP contribution in [0.2, 0.25) is 24.7 Å². The zero-order valence-corrected chi connectivity index (χ0v) is 9.94. The highest BCUT2D eigenvalue weighted by Gasteiger charge is 2.07. The zero-order chi connectivity index (χ0) is 9.90. The minimum Gasteiger partial charge on any atom is -0.127 e. The molecule has 0 fully saturated rings. The summed E-state index contributed by atoms with van der Waals surface area (Å²) in [6.07, 6.45) is 0. The van der Waals surface area contributed by atoms with E-state index in [1.807, 2.05) is 24.3 Å². The third-order valence-corrected chi connectivity index (χ3v) is 2.55. The predicted molar refractivity (Wildman–Crippen MR) is 61.7 cm³/mol. The fourth-order valence-corrected chi connectivity index (χ4v) is 1.44. The molecule has 0 aliphatic rings. The highest BCUT2D eigenvalue weighted by molar-refractivity contribution is 6.83. The van der Waals surface area contributed by atoms with Crippen molar-refractivity contribution in [2.24, 2.45) is 0 Å². The molecule has 0 amide bonds. The first kappa shape index (κ1) is 10.4. The van der Waals surface area contributed by atoms with E-state index in [2.05, 4.69) is 31.1 Å². The Bertz CT molecular complexity index is 335. The molecule has 0 bridgehead atoms. The Labute approximate surface area is 85.9 Å². The van der Waals surface area contributed by atoms with Crippen LogP contribution in [0.5, 0.6) is 0 Å². The number of hydrogen-bond donors (Lipinski definition) is 0. The third-order valence-electron chi connectivity index (χ3n) is 1.43. The lowest BCUT2D eigenvalue weighted by Gasteiger charge is -2.03. The quantitative estimate of drug-likeness (QED) is 0.452. The Balaban J connectivity index is 2.85. The molecule has 0 saturated carbocycles. The molecule has 13 heavy (non-hydrogen) atoms. The first-order valence-electron chi connectivity index (χ1n) is 4.26. The molecular weight excluding hydrogens is 196 g/mol. The van der Waals surface area contributed by atoms with Gasteiger partial charge in [-0.2, -0.15) is 0 Å². The molecule has 1 aromatic carbocycles. The highest BCUT2D eigenvalue weighted by Crippen LogP contribution is 2.08. The van der Waals surface area contributed by atoms with Crippen molar-refractivity contribution >= 4 is 19.7 Å². The molecule has 0 N–H and O–H groups in total. The summed E-state index contributed by atoms with van der Waals surface area (Å²) in [7, 11) is -1.25. The van der Waals surface area contributed by atoms with E-state index in [-0.39, 0.29) is 0 Å². The summed E-state index contributed by atoms with van der Waals surface area (Å²) in [6.45, 7) is 6.70. The standard InChI is InChI=1S/C11H13ClSi/c1-13(2,3)9-8-10-4-6-11(12)7-5-10/h4-7H,1-3H3. The molecule has 0 aromatic heterocycles. The van der Waals surface area contributed by atoms with Gasteiger partial charge in [0.15, 0.2) is 0 Å². The van der Waals surface area contributed by atoms with Crippen LogP contribution in [0.4, 0.5) is 0 Å². The molecule has 0 nitrogen and oxygen atoms in total. The SMILES string of the molecule is C[Si](C)(C)C#Cc1ccc(Cl)cc1. The summed E-state index contributed by atoms with van der Waals surface area (Å²) in [4.78, 5) is 0. The van der Waals surface area contributed by atoms with E-state index in [9.17, 15) is 0 Å². The van der Waals surface area contributed by atoms with Crippen molar-refractivity contribution in [2.75, 3.05) is 0 Å². The average molecular weight is 209 g/mol. The Morgan fingerprint density at radius 1 is 1.08 bits per heavy atom. The van der Waals surface area contributed by atoms with Crippen LogP contribution in [0, 0.1) is 11.5 Å². The van der Waals surface area contributed by atoms with Crippen molar-refractivity contribution in [3.05, 3.63) is 34.9 Å². The minimum atomic E-state index is -1.25. The topological polar surface area (TPSA) is 0 Å². The molecule has 0 aliphatic carbocycles. The van der Waals surface area contributed by atoms with Crippen molar-refractivity contribution in [1.29, 1.82) is 0 Å². The van der Waals surface area contributed by atoms with Crippen LogP contribution < -0.4 is 0 Å².